The second-order valence-corrected chi connectivity index (χ2v) is 7.37. The van der Waals surface area contributed by atoms with Crippen LogP contribution in [0.5, 0.6) is 0 Å². The van der Waals surface area contributed by atoms with Crippen LogP contribution in [0, 0.1) is 0 Å². The molecule has 0 spiro atoms. The molecule has 0 saturated carbocycles. The van der Waals surface area contributed by atoms with E-state index in [1.807, 2.05) is 53.4 Å². The molecule has 1 aliphatic rings. The number of hydrogen-bond donors (Lipinski definition) is 1. The molecule has 3 aromatic rings. The van der Waals surface area contributed by atoms with Crippen LogP contribution in [0.15, 0.2) is 59.1 Å². The number of piperazine rings is 1. The Balaban J connectivity index is 1.26. The van der Waals surface area contributed by atoms with Crippen LogP contribution in [0.4, 0.5) is 6.01 Å². The van der Waals surface area contributed by atoms with Gasteiger partial charge in [0.2, 0.25) is 11.7 Å². The summed E-state index contributed by atoms with van der Waals surface area (Å²) in [6.45, 7) is 3.90. The van der Waals surface area contributed by atoms with Gasteiger partial charge in [0, 0.05) is 43.3 Å². The lowest BCUT2D eigenvalue weighted by Crippen LogP contribution is -2.49. The Hall–Kier alpha value is -2.90. The summed E-state index contributed by atoms with van der Waals surface area (Å²) in [5.41, 5.74) is 1.92. The van der Waals surface area contributed by atoms with Crippen molar-refractivity contribution >= 4 is 23.5 Å². The fourth-order valence-corrected chi connectivity index (χ4v) is 3.43. The first kappa shape index (κ1) is 19.4. The second-order valence-electron chi connectivity index (χ2n) is 6.94. The fourth-order valence-electron chi connectivity index (χ4n) is 3.24. The van der Waals surface area contributed by atoms with Crippen LogP contribution in [0.3, 0.4) is 0 Å². The molecule has 2 heterocycles. The van der Waals surface area contributed by atoms with Gasteiger partial charge in [-0.25, -0.2) is 0 Å². The van der Waals surface area contributed by atoms with Crippen LogP contribution in [0.25, 0.3) is 11.4 Å². The fraction of sp³-hybridized carbons (Fsp3) is 0.286. The smallest absolute Gasteiger partial charge is 0.324 e. The number of benzene rings is 2. The lowest BCUT2D eigenvalue weighted by Gasteiger charge is -2.32. The SMILES string of the molecule is O=C(CN1CCN(c2nc(-c3cccc(Cl)c3)no2)CC1)NCc1ccccc1. The maximum atomic E-state index is 12.2. The van der Waals surface area contributed by atoms with Gasteiger partial charge in [-0.3, -0.25) is 9.69 Å². The molecule has 0 unspecified atom stereocenters. The summed E-state index contributed by atoms with van der Waals surface area (Å²) in [6.07, 6.45) is 0. The van der Waals surface area contributed by atoms with E-state index in [2.05, 4.69) is 20.4 Å². The Morgan fingerprint density at radius 3 is 2.62 bits per heavy atom. The number of amides is 1. The number of anilines is 1. The summed E-state index contributed by atoms with van der Waals surface area (Å²) < 4.78 is 5.43. The standard InChI is InChI=1S/C21H22ClN5O2/c22-18-8-4-7-17(13-18)20-24-21(29-25-20)27-11-9-26(10-12-27)15-19(28)23-14-16-5-2-1-3-6-16/h1-8,13H,9-12,14-15H2,(H,23,28). The van der Waals surface area contributed by atoms with Gasteiger partial charge in [-0.1, -0.05) is 59.2 Å². The summed E-state index contributed by atoms with van der Waals surface area (Å²) in [5.74, 6) is 0.550. The van der Waals surface area contributed by atoms with E-state index in [1.165, 1.54) is 0 Å². The van der Waals surface area contributed by atoms with Gasteiger partial charge < -0.3 is 14.7 Å². The Morgan fingerprint density at radius 1 is 1.07 bits per heavy atom. The van der Waals surface area contributed by atoms with Crippen LogP contribution >= 0.6 is 11.6 Å². The second kappa shape index (κ2) is 9.07. The van der Waals surface area contributed by atoms with Crippen LogP contribution in [0.2, 0.25) is 5.02 Å². The highest BCUT2D eigenvalue weighted by Gasteiger charge is 2.23. The molecule has 1 fully saturated rings. The lowest BCUT2D eigenvalue weighted by molar-refractivity contribution is -0.122. The largest absolute Gasteiger partial charge is 0.351 e. The first-order valence-corrected chi connectivity index (χ1v) is 9.93. The zero-order valence-electron chi connectivity index (χ0n) is 15.9. The van der Waals surface area contributed by atoms with E-state index in [4.69, 9.17) is 16.1 Å². The van der Waals surface area contributed by atoms with E-state index in [0.717, 1.165) is 37.3 Å². The number of nitrogens with zero attached hydrogens (tertiary/aromatic N) is 4. The highest BCUT2D eigenvalue weighted by molar-refractivity contribution is 6.30. The molecule has 0 aliphatic carbocycles. The van der Waals surface area contributed by atoms with E-state index >= 15 is 0 Å². The molecule has 0 atom stereocenters. The highest BCUT2D eigenvalue weighted by Crippen LogP contribution is 2.23. The van der Waals surface area contributed by atoms with Gasteiger partial charge in [-0.05, 0) is 17.7 Å². The first-order valence-electron chi connectivity index (χ1n) is 9.55. The molecule has 1 aromatic heterocycles. The lowest BCUT2D eigenvalue weighted by atomic mass is 10.2. The maximum Gasteiger partial charge on any atom is 0.324 e. The molecule has 1 aliphatic heterocycles. The number of carbonyl (C=O) groups is 1. The van der Waals surface area contributed by atoms with Crippen molar-refractivity contribution in [2.45, 2.75) is 6.54 Å². The Kier molecular flexibility index (Phi) is 6.07. The van der Waals surface area contributed by atoms with E-state index in [1.54, 1.807) is 6.07 Å². The minimum atomic E-state index is 0.0309. The molecule has 8 heteroatoms. The Morgan fingerprint density at radius 2 is 1.86 bits per heavy atom. The third-order valence-electron chi connectivity index (χ3n) is 4.84. The zero-order chi connectivity index (χ0) is 20.1. The van der Waals surface area contributed by atoms with Crippen molar-refractivity contribution in [3.63, 3.8) is 0 Å². The third kappa shape index (κ3) is 5.13. The maximum absolute atomic E-state index is 12.2. The van der Waals surface area contributed by atoms with Gasteiger partial charge in [-0.2, -0.15) is 4.98 Å². The topological polar surface area (TPSA) is 74.5 Å². The number of hydrogen-bond acceptors (Lipinski definition) is 6. The summed E-state index contributed by atoms with van der Waals surface area (Å²) >= 11 is 6.03. The minimum absolute atomic E-state index is 0.0309. The molecule has 29 heavy (non-hydrogen) atoms. The Bertz CT molecular complexity index is 954. The first-order chi connectivity index (χ1) is 14.2. The molecule has 0 radical (unpaired) electrons. The number of carbonyl (C=O) groups excluding carboxylic acids is 1. The van der Waals surface area contributed by atoms with Gasteiger partial charge >= 0.3 is 6.01 Å². The summed E-state index contributed by atoms with van der Waals surface area (Å²) in [5, 5.41) is 7.66. The number of rotatable bonds is 6. The summed E-state index contributed by atoms with van der Waals surface area (Å²) in [6, 6.07) is 17.8. The molecule has 0 bridgehead atoms. The number of halogens is 1. The van der Waals surface area contributed by atoms with E-state index in [-0.39, 0.29) is 5.91 Å². The van der Waals surface area contributed by atoms with Gasteiger partial charge in [0.1, 0.15) is 0 Å². The molecule has 150 valence electrons. The number of aromatic nitrogens is 2. The van der Waals surface area contributed by atoms with Crippen molar-refractivity contribution in [2.75, 3.05) is 37.6 Å². The number of nitrogens with one attached hydrogen (secondary N) is 1. The predicted octanol–water partition coefficient (Wildman–Crippen LogP) is 2.83. The van der Waals surface area contributed by atoms with E-state index < -0.39 is 0 Å². The quantitative estimate of drug-likeness (QED) is 0.672. The van der Waals surface area contributed by atoms with Crippen molar-refractivity contribution in [1.29, 1.82) is 0 Å². The van der Waals surface area contributed by atoms with E-state index in [9.17, 15) is 4.79 Å². The monoisotopic (exact) mass is 411 g/mol. The molecule has 1 amide bonds. The van der Waals surface area contributed by atoms with Crippen molar-refractivity contribution in [2.24, 2.45) is 0 Å². The van der Waals surface area contributed by atoms with Crippen molar-refractivity contribution in [3.8, 4) is 11.4 Å². The average Bonchev–Trinajstić information content (AvgIpc) is 3.24. The van der Waals surface area contributed by atoms with E-state index in [0.29, 0.717) is 30.0 Å². The van der Waals surface area contributed by atoms with Crippen LogP contribution < -0.4 is 10.2 Å². The van der Waals surface area contributed by atoms with Crippen molar-refractivity contribution in [3.05, 3.63) is 65.2 Å². The third-order valence-corrected chi connectivity index (χ3v) is 5.08. The molecule has 2 aromatic carbocycles. The predicted molar refractivity (Wildman–Crippen MR) is 112 cm³/mol. The molecule has 4 rings (SSSR count). The summed E-state index contributed by atoms with van der Waals surface area (Å²) in [4.78, 5) is 20.9. The van der Waals surface area contributed by atoms with Crippen molar-refractivity contribution < 1.29 is 9.32 Å². The molecule has 7 nitrogen and oxygen atoms in total. The van der Waals surface area contributed by atoms with Crippen LogP contribution in [-0.4, -0.2) is 53.7 Å². The molecular weight excluding hydrogens is 390 g/mol. The highest BCUT2D eigenvalue weighted by atomic mass is 35.5. The van der Waals surface area contributed by atoms with Gasteiger partial charge in [0.15, 0.2) is 0 Å². The molecule has 1 N–H and O–H groups in total. The van der Waals surface area contributed by atoms with Gasteiger partial charge in [-0.15, -0.1) is 0 Å². The van der Waals surface area contributed by atoms with Crippen LogP contribution in [0.1, 0.15) is 5.56 Å². The van der Waals surface area contributed by atoms with Crippen LogP contribution in [-0.2, 0) is 11.3 Å². The molecular formula is C21H22ClN5O2. The Labute approximate surface area is 174 Å². The zero-order valence-corrected chi connectivity index (χ0v) is 16.7. The normalized spacial score (nSPS) is 14.7. The molecule has 1 saturated heterocycles. The minimum Gasteiger partial charge on any atom is -0.351 e. The summed E-state index contributed by atoms with van der Waals surface area (Å²) in [7, 11) is 0. The van der Waals surface area contributed by atoms with Gasteiger partial charge in [0.05, 0.1) is 6.54 Å². The van der Waals surface area contributed by atoms with Gasteiger partial charge in [0.25, 0.3) is 0 Å². The van der Waals surface area contributed by atoms with Crippen molar-refractivity contribution in [1.82, 2.24) is 20.4 Å². The average molecular weight is 412 g/mol.